The number of hydrogen-bond donors (Lipinski definition) is 1. The van der Waals surface area contributed by atoms with Gasteiger partial charge < -0.3 is 14.6 Å². The van der Waals surface area contributed by atoms with Crippen LogP contribution in [-0.4, -0.2) is 30.6 Å². The standard InChI is InChI=1S/C7H8O2.C3H5BrO2/c1-9-7-4-2-3-6(8)5-7;1-6-3(5)2-4/h2-5,8H,1H3;2H2,1H3. The van der Waals surface area contributed by atoms with Crippen LogP contribution in [0.3, 0.4) is 0 Å². The van der Waals surface area contributed by atoms with Crippen LogP contribution in [0.25, 0.3) is 0 Å². The van der Waals surface area contributed by atoms with Gasteiger partial charge in [-0.15, -0.1) is 0 Å². The molecule has 4 nitrogen and oxygen atoms in total. The molecule has 0 aromatic heterocycles. The first kappa shape index (κ1) is 13.8. The minimum atomic E-state index is -0.241. The second-order valence-corrected chi connectivity index (χ2v) is 2.97. The number of methoxy groups -OCH3 is 2. The molecule has 0 atom stereocenters. The monoisotopic (exact) mass is 276 g/mol. The van der Waals surface area contributed by atoms with Gasteiger partial charge in [-0.2, -0.15) is 0 Å². The average Bonchev–Trinajstić information content (AvgIpc) is 2.28. The fraction of sp³-hybridized carbons (Fsp3) is 0.300. The third-order valence-electron chi connectivity index (χ3n) is 1.39. The van der Waals surface area contributed by atoms with Crippen molar-refractivity contribution in [1.29, 1.82) is 0 Å². The number of benzene rings is 1. The van der Waals surface area contributed by atoms with E-state index in [-0.39, 0.29) is 17.0 Å². The summed E-state index contributed by atoms with van der Waals surface area (Å²) >= 11 is 2.90. The van der Waals surface area contributed by atoms with Crippen molar-refractivity contribution in [3.8, 4) is 11.5 Å². The van der Waals surface area contributed by atoms with Crippen molar-refractivity contribution in [3.05, 3.63) is 24.3 Å². The lowest BCUT2D eigenvalue weighted by atomic mass is 10.3. The van der Waals surface area contributed by atoms with Gasteiger partial charge in [0, 0.05) is 6.07 Å². The molecular weight excluding hydrogens is 264 g/mol. The van der Waals surface area contributed by atoms with E-state index in [0.29, 0.717) is 5.75 Å². The minimum absolute atomic E-state index is 0.231. The average molecular weight is 277 g/mol. The minimum Gasteiger partial charge on any atom is -0.508 e. The quantitative estimate of drug-likeness (QED) is 0.663. The van der Waals surface area contributed by atoms with E-state index in [0.717, 1.165) is 0 Å². The molecule has 0 heterocycles. The van der Waals surface area contributed by atoms with Crippen molar-refractivity contribution in [3.63, 3.8) is 0 Å². The Morgan fingerprint density at radius 2 is 2.13 bits per heavy atom. The molecule has 0 saturated heterocycles. The zero-order valence-electron chi connectivity index (χ0n) is 8.57. The molecule has 15 heavy (non-hydrogen) atoms. The van der Waals surface area contributed by atoms with Gasteiger partial charge in [0.05, 0.1) is 14.2 Å². The fourth-order valence-electron chi connectivity index (χ4n) is 0.665. The largest absolute Gasteiger partial charge is 0.508 e. The highest BCUT2D eigenvalue weighted by Gasteiger charge is 1.89. The van der Waals surface area contributed by atoms with Crippen LogP contribution in [0.4, 0.5) is 0 Å². The van der Waals surface area contributed by atoms with E-state index >= 15 is 0 Å². The van der Waals surface area contributed by atoms with Crippen LogP contribution in [0.15, 0.2) is 24.3 Å². The highest BCUT2D eigenvalue weighted by atomic mass is 79.9. The van der Waals surface area contributed by atoms with Gasteiger partial charge in [-0.1, -0.05) is 22.0 Å². The van der Waals surface area contributed by atoms with E-state index in [1.54, 1.807) is 31.4 Å². The number of alkyl halides is 1. The van der Waals surface area contributed by atoms with E-state index in [4.69, 9.17) is 9.84 Å². The molecule has 0 unspecified atom stereocenters. The molecule has 0 aliphatic heterocycles. The first-order valence-corrected chi connectivity index (χ1v) is 5.22. The number of esters is 1. The number of phenolic OH excluding ortho intramolecular Hbond substituents is 1. The summed E-state index contributed by atoms with van der Waals surface area (Å²) in [4.78, 5) is 9.91. The Balaban J connectivity index is 0.000000288. The fourth-order valence-corrected chi connectivity index (χ4v) is 0.894. The second-order valence-electron chi connectivity index (χ2n) is 2.41. The van der Waals surface area contributed by atoms with Gasteiger partial charge in [-0.25, -0.2) is 0 Å². The Kier molecular flexibility index (Phi) is 7.44. The molecule has 5 heteroatoms. The van der Waals surface area contributed by atoms with Gasteiger partial charge >= 0.3 is 5.97 Å². The molecule has 0 saturated carbocycles. The number of hydrogen-bond acceptors (Lipinski definition) is 4. The summed E-state index contributed by atoms with van der Waals surface area (Å²) in [6.45, 7) is 0. The van der Waals surface area contributed by atoms with Crippen LogP contribution in [0.5, 0.6) is 11.5 Å². The summed E-state index contributed by atoms with van der Waals surface area (Å²) < 4.78 is 9.05. The van der Waals surface area contributed by atoms with Gasteiger partial charge in [-0.05, 0) is 12.1 Å². The van der Waals surface area contributed by atoms with Crippen molar-refractivity contribution in [1.82, 2.24) is 0 Å². The van der Waals surface area contributed by atoms with Crippen LogP contribution in [0.1, 0.15) is 0 Å². The first-order valence-electron chi connectivity index (χ1n) is 4.09. The Bertz CT molecular complexity index is 295. The molecule has 84 valence electrons. The SMILES string of the molecule is COC(=O)CBr.COc1cccc(O)c1. The highest BCUT2D eigenvalue weighted by Crippen LogP contribution is 2.16. The summed E-state index contributed by atoms with van der Waals surface area (Å²) in [5.41, 5.74) is 0. The van der Waals surface area contributed by atoms with Crippen LogP contribution in [-0.2, 0) is 9.53 Å². The van der Waals surface area contributed by atoms with Gasteiger partial charge in [0.1, 0.15) is 16.8 Å². The van der Waals surface area contributed by atoms with Crippen molar-refractivity contribution in [2.24, 2.45) is 0 Å². The van der Waals surface area contributed by atoms with Crippen molar-refractivity contribution < 1.29 is 19.4 Å². The van der Waals surface area contributed by atoms with Crippen molar-refractivity contribution >= 4 is 21.9 Å². The molecule has 0 radical (unpaired) electrons. The first-order chi connectivity index (χ1) is 7.13. The predicted octanol–water partition coefficient (Wildman–Crippen LogP) is 1.96. The molecule has 0 amide bonds. The third-order valence-corrected chi connectivity index (χ3v) is 1.85. The van der Waals surface area contributed by atoms with Crippen LogP contribution in [0.2, 0.25) is 0 Å². The summed E-state index contributed by atoms with van der Waals surface area (Å²) in [7, 11) is 2.92. The predicted molar refractivity (Wildman–Crippen MR) is 60.5 cm³/mol. The maximum Gasteiger partial charge on any atom is 0.316 e. The van der Waals surface area contributed by atoms with E-state index < -0.39 is 0 Å². The van der Waals surface area contributed by atoms with Gasteiger partial charge in [0.25, 0.3) is 0 Å². The van der Waals surface area contributed by atoms with Gasteiger partial charge in [0.2, 0.25) is 0 Å². The van der Waals surface area contributed by atoms with E-state index in [9.17, 15) is 4.79 Å². The maximum absolute atomic E-state index is 9.91. The third kappa shape index (κ3) is 6.79. The number of aromatic hydroxyl groups is 1. The molecule has 0 aliphatic carbocycles. The highest BCUT2D eigenvalue weighted by molar-refractivity contribution is 9.09. The number of carbonyl (C=O) groups is 1. The van der Waals surface area contributed by atoms with Crippen LogP contribution >= 0.6 is 15.9 Å². The molecule has 0 fully saturated rings. The normalized spacial score (nSPS) is 8.47. The summed E-state index contributed by atoms with van der Waals surface area (Å²) in [5, 5.41) is 9.15. The lowest BCUT2D eigenvalue weighted by molar-refractivity contribution is -0.137. The number of halogens is 1. The van der Waals surface area contributed by atoms with E-state index in [2.05, 4.69) is 20.7 Å². The zero-order chi connectivity index (χ0) is 11.7. The molecule has 1 rings (SSSR count). The molecule has 1 aromatic rings. The molecule has 0 bridgehead atoms. The smallest absolute Gasteiger partial charge is 0.316 e. The Hall–Kier alpha value is -1.23. The topological polar surface area (TPSA) is 55.8 Å². The van der Waals surface area contributed by atoms with Crippen molar-refractivity contribution in [2.75, 3.05) is 19.5 Å². The van der Waals surface area contributed by atoms with Crippen LogP contribution in [0, 0.1) is 0 Å². The number of rotatable bonds is 2. The summed E-state index contributed by atoms with van der Waals surface area (Å²) in [6.07, 6.45) is 0. The Labute approximate surface area is 96.9 Å². The van der Waals surface area contributed by atoms with Crippen LogP contribution < -0.4 is 4.74 Å². The van der Waals surface area contributed by atoms with Gasteiger partial charge in [-0.3, -0.25) is 4.79 Å². The summed E-state index contributed by atoms with van der Waals surface area (Å²) in [6, 6.07) is 6.66. The summed E-state index contributed by atoms with van der Waals surface area (Å²) in [5.74, 6) is 0.666. The number of phenols is 1. The molecule has 1 N–H and O–H groups in total. The Morgan fingerprint density at radius 1 is 1.47 bits per heavy atom. The molecule has 1 aromatic carbocycles. The number of carbonyl (C=O) groups excluding carboxylic acids is 1. The van der Waals surface area contributed by atoms with Crippen molar-refractivity contribution in [2.45, 2.75) is 0 Å². The molecular formula is C10H13BrO4. The molecule has 0 aliphatic rings. The van der Waals surface area contributed by atoms with E-state index in [1.165, 1.54) is 7.11 Å². The number of ether oxygens (including phenoxy) is 2. The van der Waals surface area contributed by atoms with Gasteiger partial charge in [0.15, 0.2) is 0 Å². The lowest BCUT2D eigenvalue weighted by Gasteiger charge is -1.97. The molecule has 0 spiro atoms. The zero-order valence-corrected chi connectivity index (χ0v) is 10.2. The maximum atomic E-state index is 9.91. The second kappa shape index (κ2) is 8.11. The lowest BCUT2D eigenvalue weighted by Crippen LogP contribution is -1.99. The Morgan fingerprint density at radius 3 is 2.40 bits per heavy atom. The van der Waals surface area contributed by atoms with E-state index in [1.807, 2.05) is 0 Å².